The van der Waals surface area contributed by atoms with Gasteiger partial charge in [0.05, 0.1) is 11.0 Å². The molecular weight excluding hydrogens is 310 g/mol. The zero-order valence-corrected chi connectivity index (χ0v) is 11.2. The smallest absolute Gasteiger partial charge is 0.183 e. The fourth-order valence-corrected chi connectivity index (χ4v) is 2.45. The van der Waals surface area contributed by atoms with E-state index in [1.807, 2.05) is 6.07 Å². The lowest BCUT2D eigenvalue weighted by Gasteiger charge is -2.33. The quantitative estimate of drug-likeness (QED) is 0.918. The molecule has 1 heterocycles. The Bertz CT molecular complexity index is 298. The van der Waals surface area contributed by atoms with Crippen LogP contribution in [0.25, 0.3) is 0 Å². The van der Waals surface area contributed by atoms with Crippen molar-refractivity contribution in [2.24, 2.45) is 5.92 Å². The van der Waals surface area contributed by atoms with Gasteiger partial charge in [0.1, 0.15) is 5.76 Å². The van der Waals surface area contributed by atoms with Crippen LogP contribution >= 0.6 is 31.9 Å². The van der Waals surface area contributed by atoms with Gasteiger partial charge in [0.15, 0.2) is 4.67 Å². The van der Waals surface area contributed by atoms with Crippen LogP contribution < -0.4 is 5.32 Å². The predicted molar refractivity (Wildman–Crippen MR) is 63.1 cm³/mol. The summed E-state index contributed by atoms with van der Waals surface area (Å²) >= 11 is 6.72. The first kappa shape index (κ1) is 10.7. The molecule has 1 aromatic rings. The summed E-state index contributed by atoms with van der Waals surface area (Å²) in [5.41, 5.74) is 0. The van der Waals surface area contributed by atoms with E-state index in [1.54, 1.807) is 0 Å². The molecule has 2 rings (SSSR count). The molecule has 1 N–H and O–H groups in total. The molecule has 0 bridgehead atoms. The van der Waals surface area contributed by atoms with Crippen LogP contribution in [0.1, 0.15) is 25.5 Å². The molecule has 4 heteroatoms. The summed E-state index contributed by atoms with van der Waals surface area (Å²) in [4.78, 5) is 0. The lowest BCUT2D eigenvalue weighted by Crippen LogP contribution is -2.39. The van der Waals surface area contributed by atoms with Gasteiger partial charge in [-0.05, 0) is 56.7 Å². The van der Waals surface area contributed by atoms with Crippen molar-refractivity contribution < 1.29 is 4.42 Å². The first-order valence-electron chi connectivity index (χ1n) is 4.82. The van der Waals surface area contributed by atoms with Crippen molar-refractivity contribution in [1.82, 2.24) is 5.32 Å². The average molecular weight is 323 g/mol. The lowest BCUT2D eigenvalue weighted by molar-refractivity contribution is 0.235. The standard InChI is InChI=1S/C10H13Br2NO/c1-6-2-7(3-6)13-5-8-4-9(11)10(12)14-8/h4,6-7,13H,2-3,5H2,1H3. The van der Waals surface area contributed by atoms with Crippen molar-refractivity contribution >= 4 is 31.9 Å². The van der Waals surface area contributed by atoms with Gasteiger partial charge in [-0.15, -0.1) is 0 Å². The molecule has 0 amide bonds. The second-order valence-electron chi connectivity index (χ2n) is 3.99. The minimum Gasteiger partial charge on any atom is -0.452 e. The molecule has 1 aromatic heterocycles. The van der Waals surface area contributed by atoms with E-state index in [1.165, 1.54) is 12.8 Å². The van der Waals surface area contributed by atoms with Crippen LogP contribution in [0.3, 0.4) is 0 Å². The Morgan fingerprint density at radius 2 is 2.21 bits per heavy atom. The third-order valence-electron chi connectivity index (χ3n) is 2.63. The Hall–Kier alpha value is 0.200. The van der Waals surface area contributed by atoms with Gasteiger partial charge in [-0.25, -0.2) is 0 Å². The maximum atomic E-state index is 5.47. The first-order chi connectivity index (χ1) is 6.65. The van der Waals surface area contributed by atoms with E-state index in [0.29, 0.717) is 6.04 Å². The van der Waals surface area contributed by atoms with E-state index >= 15 is 0 Å². The zero-order chi connectivity index (χ0) is 10.1. The summed E-state index contributed by atoms with van der Waals surface area (Å²) in [5.74, 6) is 1.87. The third kappa shape index (κ3) is 2.41. The van der Waals surface area contributed by atoms with Crippen molar-refractivity contribution in [2.45, 2.75) is 32.4 Å². The second kappa shape index (κ2) is 4.37. The number of halogens is 2. The molecule has 0 aromatic carbocycles. The fraction of sp³-hybridized carbons (Fsp3) is 0.600. The summed E-state index contributed by atoms with van der Waals surface area (Å²) in [6, 6.07) is 2.69. The van der Waals surface area contributed by atoms with E-state index < -0.39 is 0 Å². The molecule has 1 aliphatic rings. The fourth-order valence-electron chi connectivity index (χ4n) is 1.79. The number of rotatable bonds is 3. The molecule has 1 saturated carbocycles. The van der Waals surface area contributed by atoms with Crippen molar-refractivity contribution in [2.75, 3.05) is 0 Å². The van der Waals surface area contributed by atoms with Gasteiger partial charge in [-0.1, -0.05) is 6.92 Å². The molecular formula is C10H13Br2NO. The maximum absolute atomic E-state index is 5.47. The van der Waals surface area contributed by atoms with E-state index in [9.17, 15) is 0 Å². The van der Waals surface area contributed by atoms with Crippen LogP contribution in [0.15, 0.2) is 19.6 Å². The topological polar surface area (TPSA) is 25.2 Å². The van der Waals surface area contributed by atoms with Gasteiger partial charge >= 0.3 is 0 Å². The van der Waals surface area contributed by atoms with Gasteiger partial charge in [-0.2, -0.15) is 0 Å². The highest BCUT2D eigenvalue weighted by molar-refractivity contribution is 9.13. The highest BCUT2D eigenvalue weighted by Crippen LogP contribution is 2.29. The van der Waals surface area contributed by atoms with E-state index in [0.717, 1.165) is 27.4 Å². The molecule has 78 valence electrons. The van der Waals surface area contributed by atoms with Crippen LogP contribution in [0.5, 0.6) is 0 Å². The normalized spacial score (nSPS) is 26.2. The van der Waals surface area contributed by atoms with Crippen molar-refractivity contribution in [3.63, 3.8) is 0 Å². The van der Waals surface area contributed by atoms with Gasteiger partial charge in [0.2, 0.25) is 0 Å². The number of hydrogen-bond donors (Lipinski definition) is 1. The Morgan fingerprint density at radius 3 is 2.71 bits per heavy atom. The third-order valence-corrected chi connectivity index (χ3v) is 4.35. The summed E-state index contributed by atoms with van der Waals surface area (Å²) in [7, 11) is 0. The molecule has 1 aliphatic carbocycles. The van der Waals surface area contributed by atoms with Gasteiger partial charge in [0.25, 0.3) is 0 Å². The first-order valence-corrected chi connectivity index (χ1v) is 6.41. The summed E-state index contributed by atoms with van der Waals surface area (Å²) in [5, 5.41) is 3.47. The molecule has 0 aliphatic heterocycles. The van der Waals surface area contributed by atoms with Gasteiger partial charge in [0, 0.05) is 6.04 Å². The van der Waals surface area contributed by atoms with Gasteiger partial charge < -0.3 is 9.73 Å². The molecule has 0 spiro atoms. The molecule has 0 saturated heterocycles. The lowest BCUT2D eigenvalue weighted by atomic mass is 9.82. The highest BCUT2D eigenvalue weighted by atomic mass is 79.9. The van der Waals surface area contributed by atoms with E-state index in [2.05, 4.69) is 44.1 Å². The summed E-state index contributed by atoms with van der Waals surface area (Å²) in [6.07, 6.45) is 2.59. The minimum absolute atomic E-state index is 0.688. The zero-order valence-electron chi connectivity index (χ0n) is 8.02. The summed E-state index contributed by atoms with van der Waals surface area (Å²) < 4.78 is 7.22. The SMILES string of the molecule is CC1CC(NCc2cc(Br)c(Br)o2)C1. The maximum Gasteiger partial charge on any atom is 0.183 e. The Kier molecular flexibility index (Phi) is 3.34. The molecule has 0 radical (unpaired) electrons. The van der Waals surface area contributed by atoms with Crippen LogP contribution in [0.4, 0.5) is 0 Å². The average Bonchev–Trinajstić information content (AvgIpc) is 2.39. The highest BCUT2D eigenvalue weighted by Gasteiger charge is 2.24. The number of hydrogen-bond acceptors (Lipinski definition) is 2. The molecule has 2 nitrogen and oxygen atoms in total. The van der Waals surface area contributed by atoms with Crippen LogP contribution in [-0.2, 0) is 6.54 Å². The minimum atomic E-state index is 0.688. The van der Waals surface area contributed by atoms with Crippen molar-refractivity contribution in [3.8, 4) is 0 Å². The number of nitrogens with one attached hydrogen (secondary N) is 1. The monoisotopic (exact) mass is 321 g/mol. The number of furan rings is 1. The van der Waals surface area contributed by atoms with Crippen molar-refractivity contribution in [3.05, 3.63) is 21.0 Å². The Balaban J connectivity index is 1.80. The second-order valence-corrected chi connectivity index (χ2v) is 5.56. The Morgan fingerprint density at radius 1 is 1.50 bits per heavy atom. The van der Waals surface area contributed by atoms with Crippen LogP contribution in [-0.4, -0.2) is 6.04 Å². The molecule has 0 unspecified atom stereocenters. The van der Waals surface area contributed by atoms with Gasteiger partial charge in [-0.3, -0.25) is 0 Å². The molecule has 0 atom stereocenters. The Labute approximate surface area is 101 Å². The van der Waals surface area contributed by atoms with Crippen LogP contribution in [0.2, 0.25) is 0 Å². The van der Waals surface area contributed by atoms with E-state index in [-0.39, 0.29) is 0 Å². The predicted octanol–water partition coefficient (Wildman–Crippen LogP) is 3.69. The summed E-state index contributed by atoms with van der Waals surface area (Å²) in [6.45, 7) is 3.11. The largest absolute Gasteiger partial charge is 0.452 e. The molecule has 1 fully saturated rings. The van der Waals surface area contributed by atoms with Crippen molar-refractivity contribution in [1.29, 1.82) is 0 Å². The van der Waals surface area contributed by atoms with E-state index in [4.69, 9.17) is 4.42 Å². The molecule has 14 heavy (non-hydrogen) atoms. The van der Waals surface area contributed by atoms with Crippen LogP contribution in [0, 0.1) is 5.92 Å².